The van der Waals surface area contributed by atoms with E-state index in [1.54, 1.807) is 0 Å². The zero-order chi connectivity index (χ0) is 13.0. The van der Waals surface area contributed by atoms with Crippen molar-refractivity contribution in [2.45, 2.75) is 50.7 Å². The predicted molar refractivity (Wildman–Crippen MR) is 72.6 cm³/mol. The lowest BCUT2D eigenvalue weighted by Gasteiger charge is -2.47. The van der Waals surface area contributed by atoms with Crippen molar-refractivity contribution in [3.8, 4) is 0 Å². The van der Waals surface area contributed by atoms with Crippen LogP contribution in [0.4, 0.5) is 0 Å². The molecule has 1 fully saturated rings. The van der Waals surface area contributed by atoms with Gasteiger partial charge in [-0.1, -0.05) is 6.92 Å². The van der Waals surface area contributed by atoms with Crippen molar-refractivity contribution in [2.24, 2.45) is 7.05 Å². The summed E-state index contributed by atoms with van der Waals surface area (Å²) in [7, 11) is 3.82. The number of hydrogen-bond acceptors (Lipinski definition) is 3. The maximum atomic E-state index is 5.80. The summed E-state index contributed by atoms with van der Waals surface area (Å²) >= 11 is 0. The van der Waals surface area contributed by atoms with Crippen LogP contribution in [-0.2, 0) is 18.2 Å². The maximum absolute atomic E-state index is 5.80. The van der Waals surface area contributed by atoms with Crippen molar-refractivity contribution in [1.29, 1.82) is 0 Å². The van der Waals surface area contributed by atoms with Crippen LogP contribution in [0.25, 0.3) is 0 Å². The molecule has 1 N–H and O–H groups in total. The van der Waals surface area contributed by atoms with E-state index in [9.17, 15) is 0 Å². The predicted octanol–water partition coefficient (Wildman–Crippen LogP) is 1.90. The number of rotatable bonds is 7. The van der Waals surface area contributed by atoms with E-state index in [1.807, 2.05) is 25.0 Å². The maximum Gasteiger partial charge on any atom is 0.0831 e. The molecule has 1 unspecified atom stereocenters. The molecular formula is C14H25N3O. The third-order valence-corrected chi connectivity index (χ3v) is 4.17. The van der Waals surface area contributed by atoms with Crippen molar-refractivity contribution in [3.63, 3.8) is 0 Å². The molecule has 1 atom stereocenters. The molecule has 102 valence electrons. The van der Waals surface area contributed by atoms with Gasteiger partial charge in [-0.15, -0.1) is 0 Å². The lowest BCUT2D eigenvalue weighted by atomic mass is 9.73. The minimum atomic E-state index is 0.0816. The summed E-state index contributed by atoms with van der Waals surface area (Å²) < 4.78 is 7.67. The van der Waals surface area contributed by atoms with Crippen LogP contribution in [0.3, 0.4) is 0 Å². The Morgan fingerprint density at radius 2 is 2.33 bits per heavy atom. The number of nitrogens with one attached hydrogen (secondary N) is 1. The van der Waals surface area contributed by atoms with Gasteiger partial charge in [0.2, 0.25) is 0 Å². The number of likely N-dealkylation sites (N-methyl/N-ethyl adjacent to an activating group) is 1. The quantitative estimate of drug-likeness (QED) is 0.804. The Morgan fingerprint density at radius 3 is 2.78 bits per heavy atom. The summed E-state index contributed by atoms with van der Waals surface area (Å²) in [6.45, 7) is 3.17. The molecule has 2 rings (SSSR count). The average molecular weight is 251 g/mol. The molecule has 4 heteroatoms. The van der Waals surface area contributed by atoms with Gasteiger partial charge in [-0.05, 0) is 44.2 Å². The van der Waals surface area contributed by atoms with Gasteiger partial charge in [0.25, 0.3) is 0 Å². The Hall–Kier alpha value is -0.870. The number of methoxy groups -OCH3 is 1. The van der Waals surface area contributed by atoms with Gasteiger partial charge in [0.05, 0.1) is 11.8 Å². The number of nitrogens with zero attached hydrogens (tertiary/aromatic N) is 2. The van der Waals surface area contributed by atoms with Crippen molar-refractivity contribution in [1.82, 2.24) is 15.1 Å². The normalized spacial score (nSPS) is 19.5. The van der Waals surface area contributed by atoms with E-state index in [-0.39, 0.29) is 5.60 Å². The monoisotopic (exact) mass is 251 g/mol. The second-order valence-electron chi connectivity index (χ2n) is 5.29. The topological polar surface area (TPSA) is 39.1 Å². The first-order chi connectivity index (χ1) is 8.70. The van der Waals surface area contributed by atoms with Crippen LogP contribution < -0.4 is 5.32 Å². The zero-order valence-corrected chi connectivity index (χ0v) is 11.8. The minimum absolute atomic E-state index is 0.0816. The van der Waals surface area contributed by atoms with E-state index in [0.29, 0.717) is 6.04 Å². The molecule has 1 aliphatic rings. The number of hydrogen-bond donors (Lipinski definition) is 1. The SMILES string of the molecule is CCNC(CCc1cnn(C)c1)C1(OC)CCC1. The fourth-order valence-corrected chi connectivity index (χ4v) is 2.93. The standard InChI is InChI=1S/C14H25N3O/c1-4-15-13(14(18-3)8-5-9-14)7-6-12-10-16-17(2)11-12/h10-11,13,15H,4-9H2,1-3H3. The molecule has 0 aromatic carbocycles. The van der Waals surface area contributed by atoms with Crippen LogP contribution in [0.1, 0.15) is 38.2 Å². The summed E-state index contributed by atoms with van der Waals surface area (Å²) in [5.74, 6) is 0. The molecule has 1 heterocycles. The van der Waals surface area contributed by atoms with E-state index in [0.717, 1.165) is 19.4 Å². The van der Waals surface area contributed by atoms with Crippen LogP contribution in [-0.4, -0.2) is 35.1 Å². The van der Waals surface area contributed by atoms with Gasteiger partial charge >= 0.3 is 0 Å². The Morgan fingerprint density at radius 1 is 1.56 bits per heavy atom. The highest BCUT2D eigenvalue weighted by Crippen LogP contribution is 2.39. The van der Waals surface area contributed by atoms with E-state index in [4.69, 9.17) is 4.74 Å². The molecule has 18 heavy (non-hydrogen) atoms. The summed E-state index contributed by atoms with van der Waals surface area (Å²) in [5, 5.41) is 7.82. The summed E-state index contributed by atoms with van der Waals surface area (Å²) in [6, 6.07) is 0.460. The Labute approximate surface area is 110 Å². The molecule has 4 nitrogen and oxygen atoms in total. The first-order valence-electron chi connectivity index (χ1n) is 6.96. The lowest BCUT2D eigenvalue weighted by Crippen LogP contribution is -2.56. The minimum Gasteiger partial charge on any atom is -0.377 e. The molecular weight excluding hydrogens is 226 g/mol. The Kier molecular flexibility index (Phi) is 4.40. The van der Waals surface area contributed by atoms with Gasteiger partial charge in [-0.25, -0.2) is 0 Å². The summed E-state index contributed by atoms with van der Waals surface area (Å²) in [4.78, 5) is 0. The second-order valence-corrected chi connectivity index (χ2v) is 5.29. The fourth-order valence-electron chi connectivity index (χ4n) is 2.93. The molecule has 0 amide bonds. The van der Waals surface area contributed by atoms with Gasteiger partial charge in [0.15, 0.2) is 0 Å². The van der Waals surface area contributed by atoms with Gasteiger partial charge in [-0.2, -0.15) is 5.10 Å². The largest absolute Gasteiger partial charge is 0.377 e. The van der Waals surface area contributed by atoms with E-state index >= 15 is 0 Å². The highest BCUT2D eigenvalue weighted by Gasteiger charge is 2.43. The van der Waals surface area contributed by atoms with Crippen LogP contribution in [0.2, 0.25) is 0 Å². The molecule has 0 radical (unpaired) electrons. The Balaban J connectivity index is 1.93. The zero-order valence-electron chi connectivity index (χ0n) is 11.8. The van der Waals surface area contributed by atoms with Gasteiger partial charge < -0.3 is 10.1 Å². The smallest absolute Gasteiger partial charge is 0.0831 e. The first kappa shape index (κ1) is 13.6. The third kappa shape index (κ3) is 2.75. The molecule has 1 aliphatic carbocycles. The molecule has 0 spiro atoms. The van der Waals surface area contributed by atoms with Crippen molar-refractivity contribution in [3.05, 3.63) is 18.0 Å². The van der Waals surface area contributed by atoms with Crippen LogP contribution >= 0.6 is 0 Å². The van der Waals surface area contributed by atoms with Crippen molar-refractivity contribution in [2.75, 3.05) is 13.7 Å². The number of ether oxygens (including phenoxy) is 1. The van der Waals surface area contributed by atoms with E-state index < -0.39 is 0 Å². The summed E-state index contributed by atoms with van der Waals surface area (Å²) in [5.41, 5.74) is 1.39. The van der Waals surface area contributed by atoms with Crippen molar-refractivity contribution < 1.29 is 4.74 Å². The Bertz CT molecular complexity index is 365. The first-order valence-corrected chi connectivity index (χ1v) is 6.96. The number of aryl methyl sites for hydroxylation is 2. The third-order valence-electron chi connectivity index (χ3n) is 4.17. The molecule has 0 aliphatic heterocycles. The highest BCUT2D eigenvalue weighted by atomic mass is 16.5. The van der Waals surface area contributed by atoms with Gasteiger partial charge in [0.1, 0.15) is 0 Å². The van der Waals surface area contributed by atoms with Gasteiger partial charge in [-0.3, -0.25) is 4.68 Å². The number of aromatic nitrogens is 2. The van der Waals surface area contributed by atoms with Gasteiger partial charge in [0, 0.05) is 26.4 Å². The second kappa shape index (κ2) is 5.85. The summed E-state index contributed by atoms with van der Waals surface area (Å²) in [6.07, 6.45) is 9.92. The molecule has 0 saturated heterocycles. The molecule has 1 aromatic rings. The van der Waals surface area contributed by atoms with E-state index in [1.165, 1.54) is 24.8 Å². The molecule has 1 saturated carbocycles. The fraction of sp³-hybridized carbons (Fsp3) is 0.786. The van der Waals surface area contributed by atoms with Crippen LogP contribution in [0.15, 0.2) is 12.4 Å². The van der Waals surface area contributed by atoms with Crippen molar-refractivity contribution >= 4 is 0 Å². The molecule has 0 bridgehead atoms. The van der Waals surface area contributed by atoms with E-state index in [2.05, 4.69) is 23.5 Å². The van der Waals surface area contributed by atoms with Crippen LogP contribution in [0, 0.1) is 0 Å². The highest BCUT2D eigenvalue weighted by molar-refractivity contribution is 5.07. The molecule has 1 aromatic heterocycles. The lowest BCUT2D eigenvalue weighted by molar-refractivity contribution is -0.0995. The average Bonchev–Trinajstić information content (AvgIpc) is 2.71. The van der Waals surface area contributed by atoms with Crippen LogP contribution in [0.5, 0.6) is 0 Å².